The van der Waals surface area contributed by atoms with Gasteiger partial charge in [-0.05, 0) is 24.6 Å². The highest BCUT2D eigenvalue weighted by atomic mass is 35.5. The molecule has 31 heavy (non-hydrogen) atoms. The Kier molecular flexibility index (Phi) is 6.13. The van der Waals surface area contributed by atoms with Crippen molar-refractivity contribution in [2.45, 2.75) is 25.9 Å². The largest absolute Gasteiger partial charge is 0.286 e. The summed E-state index contributed by atoms with van der Waals surface area (Å²) >= 11 is 7.15. The minimum Gasteiger partial charge on any atom is -0.286 e. The van der Waals surface area contributed by atoms with Crippen LogP contribution in [0.2, 0.25) is 5.02 Å². The number of carbonyl (C=O) groups excluding carboxylic acids is 3. The predicted octanol–water partition coefficient (Wildman–Crippen LogP) is 3.33. The number of halogens is 1. The fourth-order valence-electron chi connectivity index (χ4n) is 3.26. The lowest BCUT2D eigenvalue weighted by atomic mass is 10.2. The summed E-state index contributed by atoms with van der Waals surface area (Å²) in [7, 11) is 0. The molecule has 7 nitrogen and oxygen atoms in total. The van der Waals surface area contributed by atoms with Gasteiger partial charge in [-0.1, -0.05) is 54.1 Å². The van der Waals surface area contributed by atoms with Crippen molar-refractivity contribution >= 4 is 40.7 Å². The van der Waals surface area contributed by atoms with E-state index < -0.39 is 11.9 Å². The molecule has 0 saturated carbocycles. The molecule has 1 saturated heterocycles. The van der Waals surface area contributed by atoms with Gasteiger partial charge < -0.3 is 0 Å². The summed E-state index contributed by atoms with van der Waals surface area (Å²) in [6.45, 7) is 1.92. The summed E-state index contributed by atoms with van der Waals surface area (Å²) < 4.78 is 0. The van der Waals surface area contributed by atoms with Crippen molar-refractivity contribution in [3.63, 3.8) is 0 Å². The highest BCUT2D eigenvalue weighted by Gasteiger charge is 2.38. The molecule has 158 valence electrons. The molecule has 1 aromatic heterocycles. The number of carbonyl (C=O) groups is 3. The first-order valence-electron chi connectivity index (χ1n) is 9.60. The van der Waals surface area contributed by atoms with Gasteiger partial charge in [-0.3, -0.25) is 24.7 Å². The number of hydrogen-bond donors (Lipinski definition) is 2. The molecule has 1 fully saturated rings. The van der Waals surface area contributed by atoms with Gasteiger partial charge in [0, 0.05) is 10.6 Å². The van der Waals surface area contributed by atoms with Crippen molar-refractivity contribution in [3.8, 4) is 10.6 Å². The minimum absolute atomic E-state index is 0.0242. The fraction of sp³-hybridized carbons (Fsp3) is 0.182. The smallest absolute Gasteiger partial charge is 0.277 e. The molecule has 0 radical (unpaired) electrons. The zero-order valence-electron chi connectivity index (χ0n) is 16.6. The number of nitrogens with zero attached hydrogens (tertiary/aromatic N) is 2. The van der Waals surface area contributed by atoms with Crippen LogP contribution in [0.25, 0.3) is 10.6 Å². The van der Waals surface area contributed by atoms with Gasteiger partial charge in [-0.2, -0.15) is 0 Å². The van der Waals surface area contributed by atoms with Crippen molar-refractivity contribution in [1.29, 1.82) is 0 Å². The Morgan fingerprint density at radius 2 is 1.87 bits per heavy atom. The lowest BCUT2D eigenvalue weighted by Crippen LogP contribution is -2.48. The van der Waals surface area contributed by atoms with Crippen LogP contribution >= 0.6 is 22.9 Å². The van der Waals surface area contributed by atoms with Gasteiger partial charge in [0.2, 0.25) is 11.8 Å². The van der Waals surface area contributed by atoms with Crippen LogP contribution < -0.4 is 10.9 Å². The van der Waals surface area contributed by atoms with Crippen molar-refractivity contribution in [2.75, 3.05) is 0 Å². The van der Waals surface area contributed by atoms with Gasteiger partial charge in [-0.15, -0.1) is 11.3 Å². The van der Waals surface area contributed by atoms with E-state index in [4.69, 9.17) is 11.6 Å². The number of aromatic nitrogens is 1. The molecule has 0 unspecified atom stereocenters. The third-order valence-electron chi connectivity index (χ3n) is 4.88. The maximum atomic E-state index is 12.6. The number of rotatable bonds is 6. The highest BCUT2D eigenvalue weighted by molar-refractivity contribution is 7.17. The van der Waals surface area contributed by atoms with E-state index in [9.17, 15) is 14.4 Å². The van der Waals surface area contributed by atoms with Crippen LogP contribution in [0.4, 0.5) is 0 Å². The second-order valence-electron chi connectivity index (χ2n) is 7.10. The Labute approximate surface area is 188 Å². The van der Waals surface area contributed by atoms with Gasteiger partial charge in [0.1, 0.15) is 15.9 Å². The number of imide groups is 1. The average Bonchev–Trinajstić information content (AvgIpc) is 3.29. The monoisotopic (exact) mass is 454 g/mol. The third kappa shape index (κ3) is 4.66. The van der Waals surface area contributed by atoms with E-state index >= 15 is 0 Å². The first-order chi connectivity index (χ1) is 14.9. The van der Waals surface area contributed by atoms with Crippen LogP contribution in [0.3, 0.4) is 0 Å². The highest BCUT2D eigenvalue weighted by Crippen LogP contribution is 2.27. The number of amides is 3. The average molecular weight is 455 g/mol. The molecule has 3 amide bonds. The number of aryl methyl sites for hydroxylation is 1. The van der Waals surface area contributed by atoms with E-state index in [0.29, 0.717) is 15.6 Å². The van der Waals surface area contributed by atoms with Crippen molar-refractivity contribution in [3.05, 3.63) is 75.8 Å². The molecule has 0 bridgehead atoms. The van der Waals surface area contributed by atoms with Gasteiger partial charge in [0.15, 0.2) is 0 Å². The SMILES string of the molecule is Cc1nc(-c2ccccc2)sc1C(=O)NN[C@@H]1CC(=O)N(Cc2ccc(Cl)cc2)C1=O. The molecule has 9 heteroatoms. The van der Waals surface area contributed by atoms with E-state index in [0.717, 1.165) is 16.1 Å². The Morgan fingerprint density at radius 1 is 1.16 bits per heavy atom. The van der Waals surface area contributed by atoms with E-state index in [1.807, 2.05) is 30.3 Å². The Hall–Kier alpha value is -3.07. The van der Waals surface area contributed by atoms with Crippen LogP contribution in [0.5, 0.6) is 0 Å². The second-order valence-corrected chi connectivity index (χ2v) is 8.53. The summed E-state index contributed by atoms with van der Waals surface area (Å²) in [4.78, 5) is 43.7. The van der Waals surface area contributed by atoms with Gasteiger partial charge in [-0.25, -0.2) is 10.4 Å². The molecule has 0 spiro atoms. The lowest BCUT2D eigenvalue weighted by molar-refractivity contribution is -0.139. The van der Waals surface area contributed by atoms with Crippen LogP contribution in [0.1, 0.15) is 27.3 Å². The summed E-state index contributed by atoms with van der Waals surface area (Å²) in [5.74, 6) is -1.08. The van der Waals surface area contributed by atoms with Crippen LogP contribution in [0, 0.1) is 6.92 Å². The fourth-order valence-corrected chi connectivity index (χ4v) is 4.35. The Morgan fingerprint density at radius 3 is 2.58 bits per heavy atom. The zero-order valence-corrected chi connectivity index (χ0v) is 18.2. The van der Waals surface area contributed by atoms with Gasteiger partial charge in [0.25, 0.3) is 5.91 Å². The summed E-state index contributed by atoms with van der Waals surface area (Å²) in [5, 5.41) is 1.32. The van der Waals surface area contributed by atoms with E-state index in [1.165, 1.54) is 16.2 Å². The first kappa shape index (κ1) is 21.2. The van der Waals surface area contributed by atoms with Crippen LogP contribution in [-0.2, 0) is 16.1 Å². The summed E-state index contributed by atoms with van der Waals surface area (Å²) in [6, 6.07) is 15.7. The van der Waals surface area contributed by atoms with Crippen LogP contribution in [0.15, 0.2) is 54.6 Å². The number of nitrogens with one attached hydrogen (secondary N) is 2. The summed E-state index contributed by atoms with van der Waals surface area (Å²) in [5.41, 5.74) is 7.58. The zero-order chi connectivity index (χ0) is 22.0. The molecule has 2 N–H and O–H groups in total. The Bertz CT molecular complexity index is 1130. The quantitative estimate of drug-likeness (QED) is 0.440. The summed E-state index contributed by atoms with van der Waals surface area (Å²) in [6.07, 6.45) is -0.0242. The molecular weight excluding hydrogens is 436 g/mol. The van der Waals surface area contributed by atoms with Gasteiger partial charge in [0.05, 0.1) is 18.7 Å². The number of benzene rings is 2. The number of likely N-dealkylation sites (tertiary alicyclic amines) is 1. The van der Waals surface area contributed by atoms with Crippen molar-refractivity contribution in [1.82, 2.24) is 20.7 Å². The molecule has 3 aromatic rings. The first-order valence-corrected chi connectivity index (χ1v) is 10.8. The third-order valence-corrected chi connectivity index (χ3v) is 6.34. The molecule has 1 aliphatic heterocycles. The lowest BCUT2D eigenvalue weighted by Gasteiger charge is -2.16. The number of hydrazine groups is 1. The number of hydrogen-bond acceptors (Lipinski definition) is 6. The van der Waals surface area contributed by atoms with Crippen molar-refractivity contribution < 1.29 is 14.4 Å². The van der Waals surface area contributed by atoms with Gasteiger partial charge >= 0.3 is 0 Å². The Balaban J connectivity index is 1.38. The number of thiazole rings is 1. The molecule has 1 atom stereocenters. The molecular formula is C22H19ClN4O3S. The predicted molar refractivity (Wildman–Crippen MR) is 118 cm³/mol. The molecule has 1 aliphatic rings. The standard InChI is InChI=1S/C22H19ClN4O3S/c1-13-19(31-21(24-13)15-5-3-2-4-6-15)20(29)26-25-17-11-18(28)27(22(17)30)12-14-7-9-16(23)10-8-14/h2-10,17,25H,11-12H2,1H3,(H,26,29)/t17-/m1/s1. The minimum atomic E-state index is -0.814. The van der Waals surface area contributed by atoms with Crippen LogP contribution in [-0.4, -0.2) is 33.6 Å². The normalized spacial score (nSPS) is 16.1. The molecule has 0 aliphatic carbocycles. The maximum Gasteiger partial charge on any atom is 0.277 e. The topological polar surface area (TPSA) is 91.4 Å². The van der Waals surface area contributed by atoms with Crippen molar-refractivity contribution in [2.24, 2.45) is 0 Å². The maximum absolute atomic E-state index is 12.6. The molecule has 2 heterocycles. The van der Waals surface area contributed by atoms with E-state index in [2.05, 4.69) is 15.8 Å². The van der Waals surface area contributed by atoms with E-state index in [1.54, 1.807) is 31.2 Å². The second kappa shape index (κ2) is 8.97. The molecule has 2 aromatic carbocycles. The molecule has 4 rings (SSSR count). The van der Waals surface area contributed by atoms with E-state index in [-0.39, 0.29) is 24.8 Å².